The first-order valence-electron chi connectivity index (χ1n) is 7.89. The van der Waals surface area contributed by atoms with E-state index in [4.69, 9.17) is 4.74 Å². The van der Waals surface area contributed by atoms with Crippen LogP contribution in [-0.2, 0) is 14.8 Å². The molecule has 0 unspecified atom stereocenters. The molecule has 0 aliphatic heterocycles. The highest BCUT2D eigenvalue weighted by atomic mass is 32.2. The second-order valence-corrected chi connectivity index (χ2v) is 10.8. The molecule has 0 spiro atoms. The number of rotatable bonds is 6. The molecule has 0 rings (SSSR count). The zero-order chi connectivity index (χ0) is 19.8. The summed E-state index contributed by atoms with van der Waals surface area (Å²) in [6.07, 6.45) is -5.11. The summed E-state index contributed by atoms with van der Waals surface area (Å²) in [6, 6.07) is 0. The summed E-state index contributed by atoms with van der Waals surface area (Å²) in [7, 11) is -3.53. The van der Waals surface area contributed by atoms with Crippen molar-refractivity contribution in [3.05, 3.63) is 0 Å². The fourth-order valence-corrected chi connectivity index (χ4v) is 5.20. The zero-order valence-electron chi connectivity index (χ0n) is 16.2. The third kappa shape index (κ3) is 6.88. The lowest BCUT2D eigenvalue weighted by Gasteiger charge is -2.45. The van der Waals surface area contributed by atoms with E-state index in [1.54, 1.807) is 34.6 Å². The van der Waals surface area contributed by atoms with Crippen LogP contribution < -0.4 is 0 Å². The van der Waals surface area contributed by atoms with Gasteiger partial charge in [-0.3, -0.25) is 0 Å². The Morgan fingerprint density at radius 3 is 1.62 bits per heavy atom. The summed E-state index contributed by atoms with van der Waals surface area (Å²) in [4.78, 5) is 0. The van der Waals surface area contributed by atoms with Crippen LogP contribution in [0.25, 0.3) is 0 Å². The standard InChI is InChI=1S/C16H32F3NO3S/c1-13(2,3)12(16(17,18)19)23-11-10-15(7,8)20(14(4,5)6)24(9,21)22/h12H,10-11H2,1-9H3/t12-/m0/s1. The lowest BCUT2D eigenvalue weighted by atomic mass is 9.88. The highest BCUT2D eigenvalue weighted by Gasteiger charge is 2.48. The molecule has 0 heterocycles. The third-order valence-electron chi connectivity index (χ3n) is 3.57. The van der Waals surface area contributed by atoms with Crippen molar-refractivity contribution in [2.45, 2.75) is 85.2 Å². The minimum Gasteiger partial charge on any atom is -0.368 e. The molecule has 0 aromatic heterocycles. The molecule has 0 bridgehead atoms. The molecule has 8 heteroatoms. The van der Waals surface area contributed by atoms with Crippen molar-refractivity contribution in [3.8, 4) is 0 Å². The number of hydrogen-bond acceptors (Lipinski definition) is 3. The van der Waals surface area contributed by atoms with Gasteiger partial charge in [0.15, 0.2) is 6.10 Å². The van der Waals surface area contributed by atoms with Crippen molar-refractivity contribution in [2.24, 2.45) is 5.41 Å². The SMILES string of the molecule is CC(C)(C)[C@H](OCCC(C)(C)N(C(C)(C)C)S(C)(=O)=O)C(F)(F)F. The summed E-state index contributed by atoms with van der Waals surface area (Å²) >= 11 is 0. The number of halogens is 3. The Morgan fingerprint density at radius 1 is 0.958 bits per heavy atom. The van der Waals surface area contributed by atoms with E-state index in [2.05, 4.69) is 0 Å². The first-order chi connectivity index (χ1) is 10.2. The molecular weight excluding hydrogens is 343 g/mol. The van der Waals surface area contributed by atoms with Gasteiger partial charge in [0.1, 0.15) is 0 Å². The van der Waals surface area contributed by atoms with E-state index in [0.29, 0.717) is 0 Å². The number of alkyl halides is 3. The molecule has 146 valence electrons. The summed E-state index contributed by atoms with van der Waals surface area (Å²) in [5, 5.41) is 0. The summed E-state index contributed by atoms with van der Waals surface area (Å²) in [6.45, 7) is 12.9. The van der Waals surface area contributed by atoms with Crippen molar-refractivity contribution in [3.63, 3.8) is 0 Å². The van der Waals surface area contributed by atoms with Crippen LogP contribution in [-0.4, -0.2) is 48.9 Å². The molecule has 1 atom stereocenters. The summed E-state index contributed by atoms with van der Waals surface area (Å²) < 4.78 is 70.2. The summed E-state index contributed by atoms with van der Waals surface area (Å²) in [5.74, 6) is 0. The maximum atomic E-state index is 13.1. The molecule has 0 saturated carbocycles. The second-order valence-electron chi connectivity index (χ2n) is 8.92. The van der Waals surface area contributed by atoms with E-state index < -0.39 is 38.8 Å². The maximum Gasteiger partial charge on any atom is 0.415 e. The fourth-order valence-electron chi connectivity index (χ4n) is 3.22. The maximum absolute atomic E-state index is 13.1. The molecule has 0 saturated heterocycles. The van der Waals surface area contributed by atoms with Gasteiger partial charge in [0.25, 0.3) is 0 Å². The average Bonchev–Trinajstić information content (AvgIpc) is 2.14. The zero-order valence-corrected chi connectivity index (χ0v) is 17.0. The lowest BCUT2D eigenvalue weighted by molar-refractivity contribution is -0.249. The Morgan fingerprint density at radius 2 is 1.38 bits per heavy atom. The Bertz CT molecular complexity index is 500. The smallest absolute Gasteiger partial charge is 0.368 e. The Kier molecular flexibility index (Phi) is 7.01. The second kappa shape index (κ2) is 7.11. The van der Waals surface area contributed by atoms with Crippen LogP contribution in [0, 0.1) is 5.41 Å². The van der Waals surface area contributed by atoms with Gasteiger partial charge in [-0.15, -0.1) is 0 Å². The van der Waals surface area contributed by atoms with Crippen LogP contribution in [0.4, 0.5) is 13.2 Å². The number of ether oxygens (including phenoxy) is 1. The van der Waals surface area contributed by atoms with Crippen molar-refractivity contribution in [1.82, 2.24) is 4.31 Å². The van der Waals surface area contributed by atoms with Crippen LogP contribution >= 0.6 is 0 Å². The van der Waals surface area contributed by atoms with Gasteiger partial charge in [-0.1, -0.05) is 20.8 Å². The Labute approximate surface area is 144 Å². The van der Waals surface area contributed by atoms with Crippen molar-refractivity contribution < 1.29 is 26.3 Å². The minimum atomic E-state index is -4.47. The van der Waals surface area contributed by atoms with Crippen LogP contribution in [0.3, 0.4) is 0 Å². The normalized spacial score (nSPS) is 16.5. The van der Waals surface area contributed by atoms with Crippen LogP contribution in [0.5, 0.6) is 0 Å². The van der Waals surface area contributed by atoms with Gasteiger partial charge in [0, 0.05) is 17.7 Å². The van der Waals surface area contributed by atoms with E-state index in [9.17, 15) is 21.6 Å². The molecular formula is C16H32F3NO3S. The van der Waals surface area contributed by atoms with Gasteiger partial charge in [-0.2, -0.15) is 17.5 Å². The predicted molar refractivity (Wildman–Crippen MR) is 90.4 cm³/mol. The number of sulfonamides is 1. The highest BCUT2D eigenvalue weighted by Crippen LogP contribution is 2.37. The average molecular weight is 375 g/mol. The predicted octanol–water partition coefficient (Wildman–Crippen LogP) is 4.21. The largest absolute Gasteiger partial charge is 0.415 e. The van der Waals surface area contributed by atoms with Crippen molar-refractivity contribution in [2.75, 3.05) is 12.9 Å². The van der Waals surface area contributed by atoms with Gasteiger partial charge in [-0.05, 0) is 46.5 Å². The summed E-state index contributed by atoms with van der Waals surface area (Å²) in [5.41, 5.74) is -2.66. The van der Waals surface area contributed by atoms with E-state index in [0.717, 1.165) is 6.26 Å². The molecule has 0 aliphatic rings. The molecule has 0 radical (unpaired) electrons. The first-order valence-corrected chi connectivity index (χ1v) is 9.74. The highest BCUT2D eigenvalue weighted by molar-refractivity contribution is 7.88. The van der Waals surface area contributed by atoms with Gasteiger partial charge in [0.2, 0.25) is 10.0 Å². The monoisotopic (exact) mass is 375 g/mol. The van der Waals surface area contributed by atoms with E-state index in [1.165, 1.54) is 25.1 Å². The van der Waals surface area contributed by atoms with Crippen molar-refractivity contribution in [1.29, 1.82) is 0 Å². The van der Waals surface area contributed by atoms with Gasteiger partial charge < -0.3 is 4.74 Å². The van der Waals surface area contributed by atoms with E-state index in [-0.39, 0.29) is 13.0 Å². The van der Waals surface area contributed by atoms with Gasteiger partial charge >= 0.3 is 6.18 Å². The van der Waals surface area contributed by atoms with E-state index in [1.807, 2.05) is 0 Å². The van der Waals surface area contributed by atoms with Crippen molar-refractivity contribution >= 4 is 10.0 Å². The minimum absolute atomic E-state index is 0.153. The Balaban J connectivity index is 5.25. The third-order valence-corrected chi connectivity index (χ3v) is 5.28. The van der Waals surface area contributed by atoms with Gasteiger partial charge in [0.05, 0.1) is 6.26 Å². The molecule has 0 aliphatic carbocycles. The van der Waals surface area contributed by atoms with E-state index >= 15 is 0 Å². The number of nitrogens with zero attached hydrogens (tertiary/aromatic N) is 1. The van der Waals surface area contributed by atoms with Crippen LogP contribution in [0.2, 0.25) is 0 Å². The molecule has 24 heavy (non-hydrogen) atoms. The molecule has 0 aromatic rings. The van der Waals surface area contributed by atoms with Crippen LogP contribution in [0.1, 0.15) is 61.8 Å². The first kappa shape index (κ1) is 23.7. The topological polar surface area (TPSA) is 46.6 Å². The van der Waals surface area contributed by atoms with Gasteiger partial charge in [-0.25, -0.2) is 8.42 Å². The lowest BCUT2D eigenvalue weighted by Crippen LogP contribution is -2.57. The number of hydrogen-bond donors (Lipinski definition) is 0. The van der Waals surface area contributed by atoms with Crippen LogP contribution in [0.15, 0.2) is 0 Å². The molecule has 4 nitrogen and oxygen atoms in total. The Hall–Kier alpha value is -0.340. The fraction of sp³-hybridized carbons (Fsp3) is 1.00. The molecule has 0 N–H and O–H groups in total. The molecule has 0 fully saturated rings. The quantitative estimate of drug-likeness (QED) is 0.699. The molecule has 0 aromatic carbocycles. The molecule has 0 amide bonds.